The molecular weight excluding hydrogens is 450 g/mol. The Morgan fingerprint density at radius 2 is 1.57 bits per heavy atom. The monoisotopic (exact) mass is 475 g/mol. The molecule has 8 rings (SSSR count). The summed E-state index contributed by atoms with van der Waals surface area (Å²) >= 11 is 0. The maximum Gasteiger partial charge on any atom is 0.137 e. The quantitative estimate of drug-likeness (QED) is 0.257. The summed E-state index contributed by atoms with van der Waals surface area (Å²) in [7, 11) is 0. The number of hydrogen-bond donors (Lipinski definition) is 0. The summed E-state index contributed by atoms with van der Waals surface area (Å²) in [5.41, 5.74) is 7.35. The van der Waals surface area contributed by atoms with Crippen molar-refractivity contribution in [2.24, 2.45) is 5.92 Å². The third-order valence-corrected chi connectivity index (χ3v) is 8.24. The minimum Gasteiger partial charge on any atom is -0.316 e. The molecule has 1 aliphatic heterocycles. The number of allylic oxidation sites excluding steroid dienone is 4. The average Bonchev–Trinajstić information content (AvgIpc) is 3.60. The van der Waals surface area contributed by atoms with E-state index in [0.717, 1.165) is 12.2 Å². The molecule has 3 aromatic heterocycles. The molecular formula is C34H25N3. The Labute approximate surface area is 215 Å². The predicted molar refractivity (Wildman–Crippen MR) is 151 cm³/mol. The maximum absolute atomic E-state index is 4.84. The fraction of sp³-hybridized carbons (Fsp3) is 0.0882. The van der Waals surface area contributed by atoms with Crippen molar-refractivity contribution in [1.82, 2.24) is 14.1 Å². The van der Waals surface area contributed by atoms with Crippen LogP contribution in [-0.4, -0.2) is 14.1 Å². The second-order valence-electron chi connectivity index (χ2n) is 10.00. The van der Waals surface area contributed by atoms with Gasteiger partial charge >= 0.3 is 0 Å². The van der Waals surface area contributed by atoms with Crippen LogP contribution in [0, 0.1) is 5.92 Å². The molecule has 2 unspecified atom stereocenters. The van der Waals surface area contributed by atoms with Gasteiger partial charge in [-0.05, 0) is 47.7 Å². The van der Waals surface area contributed by atoms with Crippen LogP contribution >= 0.6 is 0 Å². The third kappa shape index (κ3) is 2.63. The van der Waals surface area contributed by atoms with E-state index in [1.165, 1.54) is 44.3 Å². The van der Waals surface area contributed by atoms with E-state index in [9.17, 15) is 0 Å². The highest BCUT2D eigenvalue weighted by atomic mass is 15.1. The van der Waals surface area contributed by atoms with Gasteiger partial charge in [-0.25, -0.2) is 4.98 Å². The minimum absolute atomic E-state index is 0.274. The summed E-state index contributed by atoms with van der Waals surface area (Å²) in [6.07, 6.45) is 14.4. The van der Waals surface area contributed by atoms with E-state index in [1.54, 1.807) is 0 Å². The Morgan fingerprint density at radius 3 is 2.41 bits per heavy atom. The molecule has 2 aliphatic rings. The number of hydrogen-bond acceptors (Lipinski definition) is 1. The normalized spacial score (nSPS) is 19.9. The molecule has 3 heteroatoms. The maximum atomic E-state index is 4.84. The fourth-order valence-electron chi connectivity index (χ4n) is 6.86. The lowest BCUT2D eigenvalue weighted by molar-refractivity contribution is 0.452. The topological polar surface area (TPSA) is 22.8 Å². The van der Waals surface area contributed by atoms with Gasteiger partial charge in [0.15, 0.2) is 0 Å². The Bertz CT molecular complexity index is 1850. The molecule has 0 fully saturated rings. The molecule has 0 amide bonds. The van der Waals surface area contributed by atoms with Gasteiger partial charge in [0.1, 0.15) is 5.82 Å². The number of rotatable bonds is 3. The van der Waals surface area contributed by atoms with E-state index in [-0.39, 0.29) is 11.3 Å². The largest absolute Gasteiger partial charge is 0.316 e. The van der Waals surface area contributed by atoms with Gasteiger partial charge in [0.2, 0.25) is 0 Å². The van der Waals surface area contributed by atoms with Crippen LogP contribution in [0.1, 0.15) is 23.2 Å². The van der Waals surface area contributed by atoms with Crippen molar-refractivity contribution < 1.29 is 0 Å². The van der Waals surface area contributed by atoms with Crippen molar-refractivity contribution >= 4 is 21.8 Å². The van der Waals surface area contributed by atoms with Crippen molar-refractivity contribution in [3.8, 4) is 11.5 Å². The van der Waals surface area contributed by atoms with Crippen LogP contribution in [0.4, 0.5) is 0 Å². The molecule has 0 spiro atoms. The Morgan fingerprint density at radius 1 is 0.757 bits per heavy atom. The molecule has 3 nitrogen and oxygen atoms in total. The summed E-state index contributed by atoms with van der Waals surface area (Å²) in [4.78, 5) is 4.84. The SMILES string of the molecule is C1=CCC(C2(c3ccccc3)c3ccccc3-n3cc4c5ccccc5n(-c5ccccn5)c4c32)C=C1. The van der Waals surface area contributed by atoms with Gasteiger partial charge < -0.3 is 4.57 Å². The van der Waals surface area contributed by atoms with Crippen LogP contribution in [-0.2, 0) is 5.41 Å². The van der Waals surface area contributed by atoms with Gasteiger partial charge in [0, 0.05) is 28.9 Å². The number of fused-ring (bicyclic) bond motifs is 7. The molecule has 0 saturated heterocycles. The number of benzene rings is 3. The molecule has 6 aromatic rings. The highest BCUT2D eigenvalue weighted by Gasteiger charge is 2.51. The zero-order valence-corrected chi connectivity index (χ0v) is 20.3. The standard InChI is InChI=1S/C34H25N3/c1-3-13-24(14-4-1)34(25-15-5-2-6-16-25)28-18-8-10-20-30(28)36-23-27-26-17-7-9-19-29(26)37(32(27)33(34)36)31-21-11-12-22-35-31/h1-15,17-23,25H,16H2. The number of pyridine rings is 1. The van der Waals surface area contributed by atoms with Gasteiger partial charge in [-0.3, -0.25) is 4.57 Å². The highest BCUT2D eigenvalue weighted by molar-refractivity contribution is 6.11. The lowest BCUT2D eigenvalue weighted by Crippen LogP contribution is -2.36. The van der Waals surface area contributed by atoms with Crippen molar-refractivity contribution in [3.05, 3.63) is 151 Å². The third-order valence-electron chi connectivity index (χ3n) is 8.24. The van der Waals surface area contributed by atoms with E-state index in [4.69, 9.17) is 4.98 Å². The molecule has 1 aliphatic carbocycles. The molecule has 176 valence electrons. The van der Waals surface area contributed by atoms with Gasteiger partial charge in [0.05, 0.1) is 22.1 Å². The number of nitrogens with zero attached hydrogens (tertiary/aromatic N) is 3. The first-order valence-electron chi connectivity index (χ1n) is 12.9. The van der Waals surface area contributed by atoms with Crippen LogP contribution < -0.4 is 0 Å². The van der Waals surface area contributed by atoms with Crippen molar-refractivity contribution in [2.45, 2.75) is 11.8 Å². The van der Waals surface area contributed by atoms with E-state index >= 15 is 0 Å². The first-order chi connectivity index (χ1) is 18.4. The Kier molecular flexibility index (Phi) is 4.27. The van der Waals surface area contributed by atoms with E-state index in [1.807, 2.05) is 12.3 Å². The molecule has 37 heavy (non-hydrogen) atoms. The van der Waals surface area contributed by atoms with Crippen molar-refractivity contribution in [1.29, 1.82) is 0 Å². The second kappa shape index (κ2) is 7.68. The summed E-state index contributed by atoms with van der Waals surface area (Å²) in [5.74, 6) is 1.22. The van der Waals surface area contributed by atoms with Gasteiger partial charge in [-0.15, -0.1) is 0 Å². The van der Waals surface area contributed by atoms with Crippen LogP contribution in [0.2, 0.25) is 0 Å². The summed E-state index contributed by atoms with van der Waals surface area (Å²) in [5, 5.41) is 2.52. The predicted octanol–water partition coefficient (Wildman–Crippen LogP) is 7.75. The van der Waals surface area contributed by atoms with Gasteiger partial charge in [0.25, 0.3) is 0 Å². The first kappa shape index (κ1) is 20.6. The lowest BCUT2D eigenvalue weighted by Gasteiger charge is -2.38. The van der Waals surface area contributed by atoms with Crippen molar-refractivity contribution in [2.75, 3.05) is 0 Å². The molecule has 0 N–H and O–H groups in total. The molecule has 0 saturated carbocycles. The van der Waals surface area contributed by atoms with Crippen molar-refractivity contribution in [3.63, 3.8) is 0 Å². The summed E-state index contributed by atoms with van der Waals surface area (Å²) in [6.45, 7) is 0. The summed E-state index contributed by atoms with van der Waals surface area (Å²) < 4.78 is 4.84. The lowest BCUT2D eigenvalue weighted by atomic mass is 9.63. The molecule has 4 heterocycles. The number of aromatic nitrogens is 3. The zero-order chi connectivity index (χ0) is 24.4. The van der Waals surface area contributed by atoms with E-state index in [0.29, 0.717) is 0 Å². The Hall–Kier alpha value is -4.63. The number of para-hydroxylation sites is 2. The second-order valence-corrected chi connectivity index (χ2v) is 10.00. The molecule has 0 radical (unpaired) electrons. The van der Waals surface area contributed by atoms with Crippen LogP contribution in [0.25, 0.3) is 33.3 Å². The minimum atomic E-state index is -0.345. The van der Waals surface area contributed by atoms with Crippen LogP contribution in [0.5, 0.6) is 0 Å². The summed E-state index contributed by atoms with van der Waals surface area (Å²) in [6, 6.07) is 35.0. The van der Waals surface area contributed by atoms with E-state index < -0.39 is 0 Å². The van der Waals surface area contributed by atoms with Crippen LogP contribution in [0.3, 0.4) is 0 Å². The van der Waals surface area contributed by atoms with Gasteiger partial charge in [-0.1, -0.05) is 97.1 Å². The Balaban J connectivity index is 1.61. The molecule has 2 atom stereocenters. The molecule has 3 aromatic carbocycles. The van der Waals surface area contributed by atoms with Crippen LogP contribution in [0.15, 0.2) is 134 Å². The smallest absolute Gasteiger partial charge is 0.137 e. The molecule has 0 bridgehead atoms. The van der Waals surface area contributed by atoms with E-state index in [2.05, 4.69) is 131 Å². The zero-order valence-electron chi connectivity index (χ0n) is 20.3. The fourth-order valence-corrected chi connectivity index (χ4v) is 6.86. The average molecular weight is 476 g/mol. The van der Waals surface area contributed by atoms with Gasteiger partial charge in [-0.2, -0.15) is 0 Å². The highest BCUT2D eigenvalue weighted by Crippen LogP contribution is 2.57. The first-order valence-corrected chi connectivity index (χ1v) is 12.9.